The molecule has 0 aromatic carbocycles. The molecule has 0 unspecified atom stereocenters. The Balaban J connectivity index is 0. The fourth-order valence-electron chi connectivity index (χ4n) is 1.02. The van der Waals surface area contributed by atoms with Crippen molar-refractivity contribution in [2.24, 2.45) is 0 Å². The minimum Gasteiger partial charge on any atom is -0.375 e. The minimum atomic E-state index is 0. The predicted molar refractivity (Wildman–Crippen MR) is 59.2 cm³/mol. The van der Waals surface area contributed by atoms with Crippen molar-refractivity contribution in [1.29, 1.82) is 0 Å². The summed E-state index contributed by atoms with van der Waals surface area (Å²) < 4.78 is 5.62. The Bertz CT molecular complexity index is 108. The molecule has 0 aromatic heterocycles. The summed E-state index contributed by atoms with van der Waals surface area (Å²) in [6.07, 6.45) is 0. The van der Waals surface area contributed by atoms with Crippen molar-refractivity contribution >= 4 is 51.4 Å². The van der Waals surface area contributed by atoms with Crippen molar-refractivity contribution in [1.82, 2.24) is 4.90 Å². The van der Waals surface area contributed by atoms with Gasteiger partial charge in [0.1, 0.15) is 0 Å². The summed E-state index contributed by atoms with van der Waals surface area (Å²) in [5.74, 6) is 0. The van der Waals surface area contributed by atoms with Crippen LogP contribution in [0.15, 0.2) is 0 Å². The monoisotopic (exact) mass is 212 g/mol. The molecule has 3 heteroatoms. The van der Waals surface area contributed by atoms with Crippen molar-refractivity contribution in [2.45, 2.75) is 40.2 Å². The van der Waals surface area contributed by atoms with E-state index in [-0.39, 0.29) is 57.0 Å². The first-order valence-corrected chi connectivity index (χ1v) is 4.86. The van der Waals surface area contributed by atoms with E-state index >= 15 is 0 Å². The van der Waals surface area contributed by atoms with E-state index in [0.717, 1.165) is 26.2 Å². The van der Waals surface area contributed by atoms with Gasteiger partial charge >= 0.3 is 0 Å². The zero-order chi connectivity index (χ0) is 9.61. The first kappa shape index (κ1) is 17.0. The third-order valence-corrected chi connectivity index (χ3v) is 1.84. The standard InChI is InChI=1S/C10H23NO.K/c1-6-11(7-2)8-9-12-10(3,4)5;/h6-9H2,1-5H3;. The van der Waals surface area contributed by atoms with E-state index in [0.29, 0.717) is 0 Å². The molecule has 0 aliphatic rings. The third kappa shape index (κ3) is 11.5. The normalized spacial score (nSPS) is 11.5. The molecule has 75 valence electrons. The first-order chi connectivity index (χ1) is 5.49. The summed E-state index contributed by atoms with van der Waals surface area (Å²) in [7, 11) is 0. The minimum absolute atomic E-state index is 0. The second-order valence-corrected chi connectivity index (χ2v) is 3.99. The largest absolute Gasteiger partial charge is 0.375 e. The van der Waals surface area contributed by atoms with E-state index in [9.17, 15) is 0 Å². The summed E-state index contributed by atoms with van der Waals surface area (Å²) in [6, 6.07) is 0. The molecule has 0 N–H and O–H groups in total. The molecule has 0 aliphatic heterocycles. The molecule has 1 radical (unpaired) electrons. The number of ether oxygens (including phenoxy) is 1. The van der Waals surface area contributed by atoms with Gasteiger partial charge in [0.25, 0.3) is 0 Å². The fourth-order valence-corrected chi connectivity index (χ4v) is 1.02. The van der Waals surface area contributed by atoms with Crippen LogP contribution in [-0.2, 0) is 4.74 Å². The maximum atomic E-state index is 5.62. The van der Waals surface area contributed by atoms with Gasteiger partial charge in [-0.25, -0.2) is 0 Å². The SMILES string of the molecule is CCN(CC)CCOC(C)(C)C.[K]. The molecule has 0 heterocycles. The Morgan fingerprint density at radius 2 is 1.54 bits per heavy atom. The van der Waals surface area contributed by atoms with Crippen LogP contribution in [0.2, 0.25) is 0 Å². The fraction of sp³-hybridized carbons (Fsp3) is 1.00. The van der Waals surface area contributed by atoms with Crippen LogP contribution >= 0.6 is 0 Å². The average molecular weight is 212 g/mol. The molecule has 0 amide bonds. The van der Waals surface area contributed by atoms with Crippen LogP contribution in [0, 0.1) is 0 Å². The summed E-state index contributed by atoms with van der Waals surface area (Å²) in [6.45, 7) is 14.8. The van der Waals surface area contributed by atoms with Gasteiger partial charge in [-0.1, -0.05) is 13.8 Å². The summed E-state index contributed by atoms with van der Waals surface area (Å²) in [5, 5.41) is 0. The number of nitrogens with zero attached hydrogens (tertiary/aromatic N) is 1. The van der Waals surface area contributed by atoms with Crippen molar-refractivity contribution in [3.8, 4) is 0 Å². The zero-order valence-corrected chi connectivity index (χ0v) is 13.3. The first-order valence-electron chi connectivity index (χ1n) is 4.86. The molecule has 0 spiro atoms. The Labute approximate surface area is 126 Å². The Morgan fingerprint density at radius 3 is 1.85 bits per heavy atom. The number of hydrogen-bond donors (Lipinski definition) is 0. The maximum absolute atomic E-state index is 5.62. The van der Waals surface area contributed by atoms with Crippen molar-refractivity contribution in [3.63, 3.8) is 0 Å². The Morgan fingerprint density at radius 1 is 1.08 bits per heavy atom. The van der Waals surface area contributed by atoms with Crippen LogP contribution in [0.5, 0.6) is 0 Å². The van der Waals surface area contributed by atoms with E-state index < -0.39 is 0 Å². The third-order valence-electron chi connectivity index (χ3n) is 1.84. The van der Waals surface area contributed by atoms with Gasteiger partial charge in [-0.15, -0.1) is 0 Å². The zero-order valence-electron chi connectivity index (χ0n) is 10.2. The van der Waals surface area contributed by atoms with Crippen molar-refractivity contribution in [3.05, 3.63) is 0 Å². The average Bonchev–Trinajstić information content (AvgIpc) is 1.96. The number of rotatable bonds is 5. The smallest absolute Gasteiger partial charge is 0.0600 e. The maximum Gasteiger partial charge on any atom is 0.0600 e. The van der Waals surface area contributed by atoms with Crippen LogP contribution < -0.4 is 0 Å². The number of hydrogen-bond acceptors (Lipinski definition) is 2. The molecule has 0 aliphatic carbocycles. The molecule has 0 saturated heterocycles. The molecule has 0 atom stereocenters. The molecule has 0 aromatic rings. The van der Waals surface area contributed by atoms with E-state index in [1.807, 2.05) is 0 Å². The van der Waals surface area contributed by atoms with Gasteiger partial charge in [-0.2, -0.15) is 0 Å². The van der Waals surface area contributed by atoms with Gasteiger partial charge in [-0.05, 0) is 33.9 Å². The van der Waals surface area contributed by atoms with E-state index in [2.05, 4.69) is 39.5 Å². The summed E-state index contributed by atoms with van der Waals surface area (Å²) in [4.78, 5) is 2.37. The van der Waals surface area contributed by atoms with Crippen LogP contribution in [0.3, 0.4) is 0 Å². The Hall–Kier alpha value is 1.56. The second kappa shape index (κ2) is 8.83. The van der Waals surface area contributed by atoms with Crippen LogP contribution in [0.4, 0.5) is 0 Å². The quantitative estimate of drug-likeness (QED) is 0.644. The molecule has 0 bridgehead atoms. The van der Waals surface area contributed by atoms with Gasteiger partial charge < -0.3 is 9.64 Å². The van der Waals surface area contributed by atoms with E-state index in [4.69, 9.17) is 4.74 Å². The van der Waals surface area contributed by atoms with Crippen molar-refractivity contribution in [2.75, 3.05) is 26.2 Å². The van der Waals surface area contributed by atoms with Crippen LogP contribution in [0.1, 0.15) is 34.6 Å². The molecule has 13 heavy (non-hydrogen) atoms. The van der Waals surface area contributed by atoms with E-state index in [1.54, 1.807) is 0 Å². The Kier molecular flexibility index (Phi) is 11.5. The molecule has 0 fully saturated rings. The number of likely N-dealkylation sites (N-methyl/N-ethyl adjacent to an activating group) is 1. The molecular weight excluding hydrogens is 189 g/mol. The van der Waals surface area contributed by atoms with Gasteiger partial charge in [-0.3, -0.25) is 0 Å². The molecular formula is C10H23KNO. The molecule has 2 nitrogen and oxygen atoms in total. The molecule has 0 saturated carbocycles. The van der Waals surface area contributed by atoms with Gasteiger partial charge in [0, 0.05) is 57.9 Å². The van der Waals surface area contributed by atoms with Gasteiger partial charge in [0.15, 0.2) is 0 Å². The summed E-state index contributed by atoms with van der Waals surface area (Å²) in [5.41, 5.74) is 0.00710. The topological polar surface area (TPSA) is 12.5 Å². The van der Waals surface area contributed by atoms with Gasteiger partial charge in [0.2, 0.25) is 0 Å². The van der Waals surface area contributed by atoms with Crippen LogP contribution in [-0.4, -0.2) is 88.1 Å². The second-order valence-electron chi connectivity index (χ2n) is 3.99. The van der Waals surface area contributed by atoms with Gasteiger partial charge in [0.05, 0.1) is 12.2 Å². The van der Waals surface area contributed by atoms with Crippen molar-refractivity contribution < 1.29 is 4.74 Å². The van der Waals surface area contributed by atoms with Crippen LogP contribution in [0.25, 0.3) is 0 Å². The predicted octanol–water partition coefficient (Wildman–Crippen LogP) is 1.76. The molecule has 0 rings (SSSR count). The summed E-state index contributed by atoms with van der Waals surface area (Å²) >= 11 is 0. The van der Waals surface area contributed by atoms with E-state index in [1.165, 1.54) is 0 Å².